The van der Waals surface area contributed by atoms with Gasteiger partial charge in [0, 0.05) is 30.1 Å². The van der Waals surface area contributed by atoms with Gasteiger partial charge >= 0.3 is 5.97 Å². The molecular formula is C13H13N3O3. The fraction of sp³-hybridized carbons (Fsp3) is 0.231. The Labute approximate surface area is 109 Å². The molecule has 0 aliphatic heterocycles. The molecule has 0 aromatic carbocycles. The van der Waals surface area contributed by atoms with Gasteiger partial charge in [-0.3, -0.25) is 14.2 Å². The average Bonchev–Trinajstić information content (AvgIpc) is 2.91. The monoisotopic (exact) mass is 259 g/mol. The van der Waals surface area contributed by atoms with E-state index < -0.39 is 11.9 Å². The van der Waals surface area contributed by atoms with Crippen LogP contribution in [0.3, 0.4) is 0 Å². The summed E-state index contributed by atoms with van der Waals surface area (Å²) in [6.45, 7) is 1.60. The zero-order valence-electron chi connectivity index (χ0n) is 10.4. The van der Waals surface area contributed by atoms with Crippen LogP contribution in [0.15, 0.2) is 37.1 Å². The Morgan fingerprint density at radius 3 is 2.74 bits per heavy atom. The summed E-state index contributed by atoms with van der Waals surface area (Å²) in [5, 5.41) is 8.67. The highest BCUT2D eigenvalue weighted by Gasteiger charge is 2.18. The Bertz CT molecular complexity index is 576. The molecule has 2 rings (SSSR count). The normalized spacial score (nSPS) is 12.1. The summed E-state index contributed by atoms with van der Waals surface area (Å²) in [5.41, 5.74) is 0.414. The maximum atomic E-state index is 12.0. The number of nitrogens with zero attached hydrogens (tertiary/aromatic N) is 3. The highest BCUT2D eigenvalue weighted by molar-refractivity contribution is 5.98. The van der Waals surface area contributed by atoms with E-state index in [0.717, 1.165) is 0 Å². The Morgan fingerprint density at radius 2 is 2.21 bits per heavy atom. The molecule has 0 saturated heterocycles. The summed E-state index contributed by atoms with van der Waals surface area (Å²) in [5.74, 6) is -1.10. The van der Waals surface area contributed by atoms with Gasteiger partial charge < -0.3 is 5.11 Å². The number of imidazole rings is 1. The van der Waals surface area contributed by atoms with Crippen molar-refractivity contribution < 1.29 is 14.7 Å². The first-order valence-electron chi connectivity index (χ1n) is 5.78. The van der Waals surface area contributed by atoms with Crippen LogP contribution in [0.5, 0.6) is 0 Å². The summed E-state index contributed by atoms with van der Waals surface area (Å²) in [6.07, 6.45) is 6.27. The predicted molar refractivity (Wildman–Crippen MR) is 67.1 cm³/mol. The van der Waals surface area contributed by atoms with E-state index in [-0.39, 0.29) is 12.2 Å². The summed E-state index contributed by atoms with van der Waals surface area (Å²) in [6, 6.07) is 3.34. The third-order valence-electron chi connectivity index (χ3n) is 2.73. The lowest BCUT2D eigenvalue weighted by Crippen LogP contribution is -2.15. The molecule has 1 atom stereocenters. The summed E-state index contributed by atoms with van der Waals surface area (Å²) in [4.78, 5) is 30.6. The first-order chi connectivity index (χ1) is 9.08. The minimum atomic E-state index is -0.983. The first kappa shape index (κ1) is 12.9. The Balaban J connectivity index is 2.14. The maximum absolute atomic E-state index is 12.0. The van der Waals surface area contributed by atoms with Gasteiger partial charge in [0.25, 0.3) is 0 Å². The lowest BCUT2D eigenvalue weighted by atomic mass is 9.98. The zero-order chi connectivity index (χ0) is 13.8. The number of rotatable bonds is 5. The molecule has 1 unspecified atom stereocenters. The lowest BCUT2D eigenvalue weighted by molar-refractivity contribution is -0.137. The molecule has 6 nitrogen and oxygen atoms in total. The molecule has 0 spiro atoms. The van der Waals surface area contributed by atoms with Crippen LogP contribution < -0.4 is 0 Å². The molecule has 98 valence electrons. The van der Waals surface area contributed by atoms with E-state index in [2.05, 4.69) is 9.97 Å². The molecule has 0 saturated carbocycles. The van der Waals surface area contributed by atoms with Gasteiger partial charge in [-0.1, -0.05) is 6.92 Å². The highest BCUT2D eigenvalue weighted by atomic mass is 16.4. The zero-order valence-corrected chi connectivity index (χ0v) is 10.4. The molecule has 6 heteroatoms. The number of pyridine rings is 1. The molecule has 19 heavy (non-hydrogen) atoms. The summed E-state index contributed by atoms with van der Waals surface area (Å²) in [7, 11) is 0. The molecule has 0 aliphatic carbocycles. The van der Waals surface area contributed by atoms with Crippen molar-refractivity contribution in [1.82, 2.24) is 14.5 Å². The average molecular weight is 259 g/mol. The lowest BCUT2D eigenvalue weighted by Gasteiger charge is -2.08. The van der Waals surface area contributed by atoms with Crippen LogP contribution in [0.1, 0.15) is 23.7 Å². The van der Waals surface area contributed by atoms with E-state index in [1.54, 1.807) is 42.3 Å². The van der Waals surface area contributed by atoms with Crippen LogP contribution in [0.4, 0.5) is 0 Å². The minimum Gasteiger partial charge on any atom is -0.481 e. The van der Waals surface area contributed by atoms with Gasteiger partial charge in [-0.15, -0.1) is 0 Å². The predicted octanol–water partition coefficient (Wildman–Crippen LogP) is 1.56. The number of hydrogen-bond acceptors (Lipinski definition) is 4. The van der Waals surface area contributed by atoms with Crippen LogP contribution in [0.2, 0.25) is 0 Å². The fourth-order valence-electron chi connectivity index (χ4n) is 1.72. The smallest absolute Gasteiger partial charge is 0.304 e. The van der Waals surface area contributed by atoms with Crippen molar-refractivity contribution in [2.75, 3.05) is 0 Å². The van der Waals surface area contributed by atoms with Gasteiger partial charge in [-0.05, 0) is 12.1 Å². The van der Waals surface area contributed by atoms with Gasteiger partial charge in [-0.25, -0.2) is 9.97 Å². The molecule has 2 heterocycles. The Hall–Kier alpha value is -2.50. The van der Waals surface area contributed by atoms with Crippen LogP contribution in [-0.4, -0.2) is 31.4 Å². The quantitative estimate of drug-likeness (QED) is 0.823. The van der Waals surface area contributed by atoms with Gasteiger partial charge in [0.1, 0.15) is 12.1 Å². The van der Waals surface area contributed by atoms with Gasteiger partial charge in [0.15, 0.2) is 5.78 Å². The molecule has 1 N–H and O–H groups in total. The molecular weight excluding hydrogens is 246 g/mol. The van der Waals surface area contributed by atoms with Crippen LogP contribution in [0, 0.1) is 5.92 Å². The van der Waals surface area contributed by atoms with Gasteiger partial charge in [0.2, 0.25) is 0 Å². The largest absolute Gasteiger partial charge is 0.481 e. The SMILES string of the molecule is CC(CC(=O)O)C(=O)c1ccc(-n2ccnc2)nc1. The molecule has 0 aliphatic rings. The number of aromatic nitrogens is 3. The number of carbonyl (C=O) groups excluding carboxylic acids is 1. The standard InChI is InChI=1S/C13H13N3O3/c1-9(6-12(17)18)13(19)10-2-3-11(15-7-10)16-5-4-14-8-16/h2-5,7-9H,6H2,1H3,(H,17,18). The Kier molecular flexibility index (Phi) is 3.70. The third kappa shape index (κ3) is 3.04. The van der Waals surface area contributed by atoms with Crippen molar-refractivity contribution in [3.05, 3.63) is 42.6 Å². The maximum Gasteiger partial charge on any atom is 0.304 e. The van der Waals surface area contributed by atoms with E-state index in [1.807, 2.05) is 0 Å². The number of hydrogen-bond donors (Lipinski definition) is 1. The van der Waals surface area contributed by atoms with Gasteiger partial charge in [0.05, 0.1) is 6.42 Å². The Morgan fingerprint density at radius 1 is 1.42 bits per heavy atom. The third-order valence-corrected chi connectivity index (χ3v) is 2.73. The number of carbonyl (C=O) groups is 2. The number of Topliss-reactive ketones (excluding diaryl/α,β-unsaturated/α-hetero) is 1. The summed E-state index contributed by atoms with van der Waals surface area (Å²) >= 11 is 0. The second-order valence-electron chi connectivity index (χ2n) is 4.24. The number of carboxylic acids is 1. The van der Waals surface area contributed by atoms with E-state index in [4.69, 9.17) is 5.11 Å². The number of ketones is 1. The molecule has 2 aromatic rings. The highest BCUT2D eigenvalue weighted by Crippen LogP contribution is 2.13. The first-order valence-corrected chi connectivity index (χ1v) is 5.78. The molecule has 2 aromatic heterocycles. The molecule has 0 amide bonds. The van der Waals surface area contributed by atoms with Crippen molar-refractivity contribution in [3.63, 3.8) is 0 Å². The van der Waals surface area contributed by atoms with Crippen molar-refractivity contribution in [2.45, 2.75) is 13.3 Å². The summed E-state index contributed by atoms with van der Waals surface area (Å²) < 4.78 is 1.72. The van der Waals surface area contributed by atoms with E-state index in [0.29, 0.717) is 11.4 Å². The second-order valence-corrected chi connectivity index (χ2v) is 4.24. The van der Waals surface area contributed by atoms with Crippen LogP contribution in [-0.2, 0) is 4.79 Å². The molecule has 0 fully saturated rings. The van der Waals surface area contributed by atoms with Crippen molar-refractivity contribution in [1.29, 1.82) is 0 Å². The van der Waals surface area contributed by atoms with E-state index >= 15 is 0 Å². The van der Waals surface area contributed by atoms with Crippen LogP contribution in [0.25, 0.3) is 5.82 Å². The van der Waals surface area contributed by atoms with Crippen molar-refractivity contribution >= 4 is 11.8 Å². The van der Waals surface area contributed by atoms with Crippen molar-refractivity contribution in [3.8, 4) is 5.82 Å². The molecule has 0 radical (unpaired) electrons. The van der Waals surface area contributed by atoms with Gasteiger partial charge in [-0.2, -0.15) is 0 Å². The van der Waals surface area contributed by atoms with Crippen molar-refractivity contribution in [2.24, 2.45) is 5.92 Å². The van der Waals surface area contributed by atoms with Crippen LogP contribution >= 0.6 is 0 Å². The number of aliphatic carboxylic acids is 1. The second kappa shape index (κ2) is 5.43. The minimum absolute atomic E-state index is 0.178. The topological polar surface area (TPSA) is 85.1 Å². The van der Waals surface area contributed by atoms with E-state index in [1.165, 1.54) is 6.20 Å². The number of carboxylic acid groups (broad SMARTS) is 1. The van der Waals surface area contributed by atoms with E-state index in [9.17, 15) is 9.59 Å². The fourth-order valence-corrected chi connectivity index (χ4v) is 1.72. The molecule has 0 bridgehead atoms.